The van der Waals surface area contributed by atoms with Crippen molar-refractivity contribution in [3.63, 3.8) is 0 Å². The van der Waals surface area contributed by atoms with Gasteiger partial charge in [0.15, 0.2) is 11.6 Å². The zero-order chi connectivity index (χ0) is 24.2. The van der Waals surface area contributed by atoms with Crippen LogP contribution < -0.4 is 9.47 Å². The molecule has 0 aromatic heterocycles. The molecule has 2 fully saturated rings. The second-order valence-electron chi connectivity index (χ2n) is 9.08. The summed E-state index contributed by atoms with van der Waals surface area (Å²) >= 11 is 0. The smallest absolute Gasteiger partial charge is 0.307 e. The zero-order valence-electron chi connectivity index (χ0n) is 19.1. The lowest BCUT2D eigenvalue weighted by atomic mass is 9.92. The average Bonchev–Trinajstić information content (AvgIpc) is 3.35. The van der Waals surface area contributed by atoms with Crippen LogP contribution in [0.3, 0.4) is 0 Å². The minimum absolute atomic E-state index is 0.0422. The Bertz CT molecular complexity index is 1040. The van der Waals surface area contributed by atoms with Gasteiger partial charge in [0.05, 0.1) is 25.6 Å². The summed E-state index contributed by atoms with van der Waals surface area (Å²) in [6, 6.07) is 9.17. The van der Waals surface area contributed by atoms with Crippen molar-refractivity contribution in [2.45, 2.75) is 32.1 Å². The molecule has 1 amide bonds. The van der Waals surface area contributed by atoms with Crippen LogP contribution in [0.2, 0.25) is 0 Å². The fourth-order valence-electron chi connectivity index (χ4n) is 5.05. The van der Waals surface area contributed by atoms with Gasteiger partial charge in [-0.2, -0.15) is 0 Å². The molecule has 4 rings (SSSR count). The molecule has 6 nitrogen and oxygen atoms in total. The predicted octanol–water partition coefficient (Wildman–Crippen LogP) is 4.76. The highest BCUT2D eigenvalue weighted by molar-refractivity contribution is 5.85. The topological polar surface area (TPSA) is 76.1 Å². The molecule has 1 N–H and O–H groups in total. The molecule has 0 spiro atoms. The normalized spacial score (nSPS) is 22.4. The Hall–Kier alpha value is -3.16. The lowest BCUT2D eigenvalue weighted by Gasteiger charge is -2.35. The van der Waals surface area contributed by atoms with E-state index < -0.39 is 29.4 Å². The Balaban J connectivity index is 1.35. The molecule has 1 aliphatic heterocycles. The van der Waals surface area contributed by atoms with E-state index in [4.69, 9.17) is 9.47 Å². The SMILES string of the molecule is COc1cc(F)c(F)cc1-c1ccc(OCC2CCCN(C(=O)C3CCCC3C(=O)O)C2)cc1. The standard InChI is InChI=1S/C26H29F2NO5/c1-33-24-13-23(28)22(27)12-21(24)17-7-9-18(10-8-17)34-15-16-4-3-11-29(14-16)25(30)19-5-2-6-20(19)26(31)32/h7-10,12-13,16,19-20H,2-6,11,14-15H2,1H3,(H,31,32). The third-order valence-electron chi connectivity index (χ3n) is 6.87. The summed E-state index contributed by atoms with van der Waals surface area (Å²) < 4.78 is 38.3. The minimum Gasteiger partial charge on any atom is -0.496 e. The van der Waals surface area contributed by atoms with Gasteiger partial charge in [-0.1, -0.05) is 18.6 Å². The highest BCUT2D eigenvalue weighted by Crippen LogP contribution is 2.35. The summed E-state index contributed by atoms with van der Waals surface area (Å²) in [5.41, 5.74) is 1.11. The van der Waals surface area contributed by atoms with Crippen molar-refractivity contribution >= 4 is 11.9 Å². The number of carbonyl (C=O) groups excluding carboxylic acids is 1. The number of hydrogen-bond acceptors (Lipinski definition) is 4. The number of ether oxygens (including phenoxy) is 2. The summed E-state index contributed by atoms with van der Waals surface area (Å²) in [6.07, 6.45) is 3.78. The van der Waals surface area contributed by atoms with E-state index in [1.54, 1.807) is 24.3 Å². The van der Waals surface area contributed by atoms with E-state index in [1.807, 2.05) is 4.90 Å². The molecular weight excluding hydrogens is 444 g/mol. The molecule has 3 unspecified atom stereocenters. The summed E-state index contributed by atoms with van der Waals surface area (Å²) in [5, 5.41) is 9.41. The summed E-state index contributed by atoms with van der Waals surface area (Å²) in [5.74, 6) is -2.78. The van der Waals surface area contributed by atoms with E-state index in [0.717, 1.165) is 31.4 Å². The first-order chi connectivity index (χ1) is 16.4. The third-order valence-corrected chi connectivity index (χ3v) is 6.87. The Labute approximate surface area is 197 Å². The van der Waals surface area contributed by atoms with Gasteiger partial charge in [-0.3, -0.25) is 9.59 Å². The number of aliphatic carboxylic acids is 1. The number of carboxylic acid groups (broad SMARTS) is 1. The number of hydrogen-bond donors (Lipinski definition) is 1. The molecular formula is C26H29F2NO5. The second kappa shape index (κ2) is 10.4. The molecule has 182 valence electrons. The van der Waals surface area contributed by atoms with Gasteiger partial charge in [0.25, 0.3) is 0 Å². The first-order valence-electron chi connectivity index (χ1n) is 11.6. The number of rotatable bonds is 7. The van der Waals surface area contributed by atoms with E-state index >= 15 is 0 Å². The number of benzene rings is 2. The Morgan fingerprint density at radius 2 is 1.74 bits per heavy atom. The van der Waals surface area contributed by atoms with Crippen molar-refractivity contribution < 1.29 is 33.0 Å². The van der Waals surface area contributed by atoms with Gasteiger partial charge in [0, 0.05) is 30.6 Å². The zero-order valence-corrected chi connectivity index (χ0v) is 19.1. The molecule has 8 heteroatoms. The summed E-state index contributed by atoms with van der Waals surface area (Å²) in [4.78, 5) is 26.2. The van der Waals surface area contributed by atoms with Gasteiger partial charge in [-0.25, -0.2) is 8.78 Å². The first-order valence-corrected chi connectivity index (χ1v) is 11.6. The molecule has 0 bridgehead atoms. The van der Waals surface area contributed by atoms with Crippen molar-refractivity contribution in [3.8, 4) is 22.6 Å². The molecule has 2 aromatic carbocycles. The number of halogens is 2. The third kappa shape index (κ3) is 5.16. The van der Waals surface area contributed by atoms with Crippen molar-refractivity contribution in [1.82, 2.24) is 4.90 Å². The van der Waals surface area contributed by atoms with Gasteiger partial charge in [0.1, 0.15) is 11.5 Å². The molecule has 1 aliphatic carbocycles. The molecule has 1 saturated carbocycles. The molecule has 3 atom stereocenters. The number of nitrogens with zero attached hydrogens (tertiary/aromatic N) is 1. The van der Waals surface area contributed by atoms with E-state index in [1.165, 1.54) is 7.11 Å². The number of amides is 1. The predicted molar refractivity (Wildman–Crippen MR) is 122 cm³/mol. The summed E-state index contributed by atoms with van der Waals surface area (Å²) in [7, 11) is 1.40. The molecule has 0 radical (unpaired) electrons. The highest BCUT2D eigenvalue weighted by atomic mass is 19.2. The maximum Gasteiger partial charge on any atom is 0.307 e. The van der Waals surface area contributed by atoms with Crippen LogP contribution in [0.1, 0.15) is 32.1 Å². The van der Waals surface area contributed by atoms with Crippen LogP contribution in [-0.2, 0) is 9.59 Å². The highest BCUT2D eigenvalue weighted by Gasteiger charge is 2.40. The number of carbonyl (C=O) groups is 2. The van der Waals surface area contributed by atoms with Crippen molar-refractivity contribution in [3.05, 3.63) is 48.0 Å². The van der Waals surface area contributed by atoms with E-state index in [0.29, 0.717) is 49.4 Å². The number of methoxy groups -OCH3 is 1. The van der Waals surface area contributed by atoms with Crippen LogP contribution in [0, 0.1) is 29.4 Å². The van der Waals surface area contributed by atoms with Gasteiger partial charge in [-0.05, 0) is 49.4 Å². The van der Waals surface area contributed by atoms with Crippen molar-refractivity contribution in [2.24, 2.45) is 17.8 Å². The van der Waals surface area contributed by atoms with E-state index in [-0.39, 0.29) is 17.6 Å². The van der Waals surface area contributed by atoms with Crippen LogP contribution in [-0.4, -0.2) is 48.7 Å². The van der Waals surface area contributed by atoms with Crippen LogP contribution in [0.25, 0.3) is 11.1 Å². The first kappa shape index (κ1) is 24.0. The second-order valence-corrected chi connectivity index (χ2v) is 9.08. The molecule has 2 aliphatic rings. The Morgan fingerprint density at radius 3 is 2.44 bits per heavy atom. The van der Waals surface area contributed by atoms with Crippen molar-refractivity contribution in [1.29, 1.82) is 0 Å². The number of carboxylic acids is 1. The van der Waals surface area contributed by atoms with Crippen molar-refractivity contribution in [2.75, 3.05) is 26.8 Å². The van der Waals surface area contributed by atoms with Crippen LogP contribution >= 0.6 is 0 Å². The quantitative estimate of drug-likeness (QED) is 0.628. The number of likely N-dealkylation sites (tertiary alicyclic amines) is 1. The maximum absolute atomic E-state index is 13.7. The van der Waals surface area contributed by atoms with Crippen LogP contribution in [0.5, 0.6) is 11.5 Å². The van der Waals surface area contributed by atoms with Gasteiger partial charge >= 0.3 is 5.97 Å². The largest absolute Gasteiger partial charge is 0.496 e. The fraction of sp³-hybridized carbons (Fsp3) is 0.462. The lowest BCUT2D eigenvalue weighted by molar-refractivity contribution is -0.149. The van der Waals surface area contributed by atoms with Crippen LogP contribution in [0.15, 0.2) is 36.4 Å². The number of piperidine rings is 1. The molecule has 34 heavy (non-hydrogen) atoms. The summed E-state index contributed by atoms with van der Waals surface area (Å²) in [6.45, 7) is 1.65. The molecule has 1 heterocycles. The maximum atomic E-state index is 13.7. The van der Waals surface area contributed by atoms with Gasteiger partial charge in [0.2, 0.25) is 5.91 Å². The molecule has 1 saturated heterocycles. The molecule has 2 aromatic rings. The van der Waals surface area contributed by atoms with E-state index in [2.05, 4.69) is 0 Å². The fourth-order valence-corrected chi connectivity index (χ4v) is 5.05. The average molecular weight is 474 g/mol. The monoisotopic (exact) mass is 473 g/mol. The lowest BCUT2D eigenvalue weighted by Crippen LogP contribution is -2.45. The van der Waals surface area contributed by atoms with E-state index in [9.17, 15) is 23.5 Å². The van der Waals surface area contributed by atoms with Gasteiger partial charge in [-0.15, -0.1) is 0 Å². The Morgan fingerprint density at radius 1 is 1.03 bits per heavy atom. The van der Waals surface area contributed by atoms with Gasteiger partial charge < -0.3 is 19.5 Å². The van der Waals surface area contributed by atoms with Crippen LogP contribution in [0.4, 0.5) is 8.78 Å². The Kier molecular flexibility index (Phi) is 7.34. The minimum atomic E-state index is -0.966.